The fraction of sp³-hybridized carbons (Fsp3) is 0.571. The molecule has 0 bridgehead atoms. The van der Waals surface area contributed by atoms with Crippen LogP contribution in [0.1, 0.15) is 42.7 Å². The van der Waals surface area contributed by atoms with Crippen molar-refractivity contribution in [1.82, 2.24) is 0 Å². The number of rotatable bonds is 3. The van der Waals surface area contributed by atoms with E-state index in [0.717, 1.165) is 18.4 Å². The molecule has 1 fully saturated rings. The molecule has 1 aliphatic rings. The maximum Gasteiger partial charge on any atom is -0.00746 e. The first-order valence-corrected chi connectivity index (χ1v) is 6.06. The van der Waals surface area contributed by atoms with Crippen LogP contribution < -0.4 is 5.73 Å². The molecule has 1 aromatic rings. The smallest absolute Gasteiger partial charge is 0.00746 e. The molecule has 82 valence electrons. The second kappa shape index (κ2) is 4.80. The van der Waals surface area contributed by atoms with E-state index in [9.17, 15) is 0 Å². The van der Waals surface area contributed by atoms with Crippen LogP contribution in [0.4, 0.5) is 0 Å². The Morgan fingerprint density at radius 2 is 1.93 bits per heavy atom. The van der Waals surface area contributed by atoms with E-state index in [4.69, 9.17) is 5.73 Å². The van der Waals surface area contributed by atoms with Gasteiger partial charge in [0.1, 0.15) is 0 Å². The predicted molar refractivity (Wildman–Crippen MR) is 64.9 cm³/mol. The van der Waals surface area contributed by atoms with Gasteiger partial charge in [-0.25, -0.2) is 0 Å². The van der Waals surface area contributed by atoms with Crippen LogP contribution >= 0.6 is 0 Å². The Morgan fingerprint density at radius 3 is 2.60 bits per heavy atom. The Balaban J connectivity index is 1.98. The van der Waals surface area contributed by atoms with Crippen LogP contribution in [0.15, 0.2) is 24.3 Å². The van der Waals surface area contributed by atoms with Crippen molar-refractivity contribution in [2.24, 2.45) is 11.7 Å². The van der Waals surface area contributed by atoms with E-state index in [2.05, 4.69) is 31.2 Å². The van der Waals surface area contributed by atoms with Gasteiger partial charge in [-0.3, -0.25) is 0 Å². The zero-order chi connectivity index (χ0) is 10.7. The molecule has 2 rings (SSSR count). The third kappa shape index (κ3) is 2.60. The molecule has 2 unspecified atom stereocenters. The first-order chi connectivity index (χ1) is 7.29. The summed E-state index contributed by atoms with van der Waals surface area (Å²) in [6.07, 6.45) is 5.28. The summed E-state index contributed by atoms with van der Waals surface area (Å²) in [5.41, 5.74) is 8.50. The highest BCUT2D eigenvalue weighted by Crippen LogP contribution is 2.39. The van der Waals surface area contributed by atoms with Crippen LogP contribution in [0.2, 0.25) is 0 Å². The topological polar surface area (TPSA) is 26.0 Å². The van der Waals surface area contributed by atoms with Gasteiger partial charge in [-0.2, -0.15) is 0 Å². The largest absolute Gasteiger partial charge is 0.330 e. The Hall–Kier alpha value is -0.820. The van der Waals surface area contributed by atoms with E-state index in [1.54, 1.807) is 0 Å². The normalized spacial score (nSPS) is 25.7. The van der Waals surface area contributed by atoms with E-state index in [1.807, 2.05) is 0 Å². The highest BCUT2D eigenvalue weighted by molar-refractivity contribution is 5.25. The third-order valence-electron chi connectivity index (χ3n) is 3.66. The first-order valence-electron chi connectivity index (χ1n) is 6.06. The summed E-state index contributed by atoms with van der Waals surface area (Å²) in [6, 6.07) is 9.05. The van der Waals surface area contributed by atoms with Crippen molar-refractivity contribution < 1.29 is 0 Å². The lowest BCUT2D eigenvalue weighted by Crippen LogP contribution is -2.05. The zero-order valence-electron chi connectivity index (χ0n) is 9.58. The third-order valence-corrected chi connectivity index (χ3v) is 3.66. The van der Waals surface area contributed by atoms with Crippen LogP contribution in [0.5, 0.6) is 0 Å². The van der Waals surface area contributed by atoms with Gasteiger partial charge < -0.3 is 5.73 Å². The van der Waals surface area contributed by atoms with Crippen molar-refractivity contribution in [1.29, 1.82) is 0 Å². The van der Waals surface area contributed by atoms with Gasteiger partial charge in [0.05, 0.1) is 0 Å². The molecule has 1 heteroatoms. The number of hydrogen-bond donors (Lipinski definition) is 1. The van der Waals surface area contributed by atoms with E-state index in [-0.39, 0.29) is 0 Å². The van der Waals surface area contributed by atoms with E-state index < -0.39 is 0 Å². The van der Waals surface area contributed by atoms with Crippen molar-refractivity contribution in [3.05, 3.63) is 35.4 Å². The van der Waals surface area contributed by atoms with E-state index >= 15 is 0 Å². The minimum atomic E-state index is 0.794. The van der Waals surface area contributed by atoms with Crippen LogP contribution in [-0.4, -0.2) is 6.54 Å². The summed E-state index contributed by atoms with van der Waals surface area (Å²) in [7, 11) is 0. The Labute approximate surface area is 92.7 Å². The van der Waals surface area contributed by atoms with Gasteiger partial charge >= 0.3 is 0 Å². The minimum Gasteiger partial charge on any atom is -0.330 e. The van der Waals surface area contributed by atoms with Gasteiger partial charge in [0.2, 0.25) is 0 Å². The van der Waals surface area contributed by atoms with E-state index in [0.29, 0.717) is 0 Å². The summed E-state index contributed by atoms with van der Waals surface area (Å²) in [5.74, 6) is 1.67. The van der Waals surface area contributed by atoms with Crippen LogP contribution in [0.3, 0.4) is 0 Å². The maximum absolute atomic E-state index is 5.61. The van der Waals surface area contributed by atoms with Gasteiger partial charge in [0, 0.05) is 0 Å². The van der Waals surface area contributed by atoms with Gasteiger partial charge in [-0.15, -0.1) is 0 Å². The first kappa shape index (κ1) is 10.7. The molecule has 1 aliphatic carbocycles. The van der Waals surface area contributed by atoms with Gasteiger partial charge in [0.15, 0.2) is 0 Å². The Morgan fingerprint density at radius 1 is 1.20 bits per heavy atom. The molecule has 0 aliphatic heterocycles. The quantitative estimate of drug-likeness (QED) is 0.802. The molecule has 1 saturated carbocycles. The van der Waals surface area contributed by atoms with Crippen molar-refractivity contribution in [2.45, 2.75) is 38.5 Å². The number of nitrogens with two attached hydrogens (primary N) is 1. The molecular formula is C14H21N. The van der Waals surface area contributed by atoms with Crippen LogP contribution in [0.25, 0.3) is 0 Å². The standard InChI is InChI=1S/C14H21N/c1-11-2-5-13(6-3-11)14-7-4-12(10-14)8-9-15/h2-3,5-6,12,14H,4,7-10,15H2,1H3. The number of benzene rings is 1. The summed E-state index contributed by atoms with van der Waals surface area (Å²) in [5, 5.41) is 0. The van der Waals surface area contributed by atoms with E-state index in [1.165, 1.54) is 36.8 Å². The van der Waals surface area contributed by atoms with Gasteiger partial charge in [0.25, 0.3) is 0 Å². The average Bonchev–Trinajstić information content (AvgIpc) is 2.68. The molecule has 1 aromatic carbocycles. The summed E-state index contributed by atoms with van der Waals surface area (Å²) in [4.78, 5) is 0. The molecule has 0 radical (unpaired) electrons. The fourth-order valence-corrected chi connectivity index (χ4v) is 2.71. The second-order valence-electron chi connectivity index (χ2n) is 4.86. The molecule has 15 heavy (non-hydrogen) atoms. The lowest BCUT2D eigenvalue weighted by Gasteiger charge is -2.11. The van der Waals surface area contributed by atoms with Crippen LogP contribution in [0, 0.1) is 12.8 Å². The van der Waals surface area contributed by atoms with Crippen molar-refractivity contribution in [2.75, 3.05) is 6.54 Å². The zero-order valence-corrected chi connectivity index (χ0v) is 9.58. The summed E-state index contributed by atoms with van der Waals surface area (Å²) >= 11 is 0. The number of aryl methyl sites for hydroxylation is 1. The molecule has 2 N–H and O–H groups in total. The molecule has 0 spiro atoms. The monoisotopic (exact) mass is 203 g/mol. The predicted octanol–water partition coefficient (Wildman–Crippen LogP) is 3.23. The molecule has 2 atom stereocenters. The minimum absolute atomic E-state index is 0.794. The molecule has 0 aromatic heterocycles. The molecule has 0 heterocycles. The maximum atomic E-state index is 5.61. The van der Waals surface area contributed by atoms with Crippen LogP contribution in [-0.2, 0) is 0 Å². The summed E-state index contributed by atoms with van der Waals surface area (Å²) in [6.45, 7) is 3.00. The molecule has 1 nitrogen and oxygen atoms in total. The Kier molecular flexibility index (Phi) is 3.42. The Bertz CT molecular complexity index is 302. The highest BCUT2D eigenvalue weighted by Gasteiger charge is 2.24. The van der Waals surface area contributed by atoms with Gasteiger partial charge in [-0.05, 0) is 56.6 Å². The lowest BCUT2D eigenvalue weighted by atomic mass is 9.95. The SMILES string of the molecule is Cc1ccc(C2CCC(CCN)C2)cc1. The van der Waals surface area contributed by atoms with Crippen molar-refractivity contribution in [3.8, 4) is 0 Å². The highest BCUT2D eigenvalue weighted by atomic mass is 14.5. The molecular weight excluding hydrogens is 182 g/mol. The van der Waals surface area contributed by atoms with Gasteiger partial charge in [-0.1, -0.05) is 29.8 Å². The van der Waals surface area contributed by atoms with Crippen molar-refractivity contribution >= 4 is 0 Å². The number of hydrogen-bond acceptors (Lipinski definition) is 1. The molecule has 0 saturated heterocycles. The average molecular weight is 203 g/mol. The fourth-order valence-electron chi connectivity index (χ4n) is 2.71. The summed E-state index contributed by atoms with van der Waals surface area (Å²) < 4.78 is 0. The van der Waals surface area contributed by atoms with Crippen molar-refractivity contribution in [3.63, 3.8) is 0 Å². The lowest BCUT2D eigenvalue weighted by molar-refractivity contribution is 0.503. The molecule has 0 amide bonds. The second-order valence-corrected chi connectivity index (χ2v) is 4.86.